The van der Waals surface area contributed by atoms with Gasteiger partial charge < -0.3 is 14.2 Å². The number of carbonyl (C=O) groups is 1. The fourth-order valence-electron chi connectivity index (χ4n) is 5.53. The number of pyridine rings is 2. The van der Waals surface area contributed by atoms with E-state index in [9.17, 15) is 26.7 Å². The summed E-state index contributed by atoms with van der Waals surface area (Å²) in [6.07, 6.45) is 0.925. The summed E-state index contributed by atoms with van der Waals surface area (Å²) in [5, 5.41) is 4.18. The highest BCUT2D eigenvalue weighted by molar-refractivity contribution is 6.13. The third-order valence-electron chi connectivity index (χ3n) is 7.41. The number of benzene rings is 1. The Bertz CT molecular complexity index is 1850. The summed E-state index contributed by atoms with van der Waals surface area (Å²) < 4.78 is 76.3. The Morgan fingerprint density at radius 1 is 1.09 bits per heavy atom. The summed E-state index contributed by atoms with van der Waals surface area (Å²) in [5.41, 5.74) is 1.71. The van der Waals surface area contributed by atoms with Gasteiger partial charge >= 0.3 is 6.18 Å². The lowest BCUT2D eigenvalue weighted by atomic mass is 9.88. The smallest absolute Gasteiger partial charge is 0.435 e. The molecule has 1 aliphatic rings. The number of nitrogens with zero attached hydrogens (tertiary/aromatic N) is 7. The Balaban J connectivity index is 1.49. The molecule has 4 aromatic heterocycles. The number of amides is 1. The van der Waals surface area contributed by atoms with Gasteiger partial charge in [0.2, 0.25) is 5.88 Å². The first-order valence-electron chi connectivity index (χ1n) is 13.8. The van der Waals surface area contributed by atoms with Crippen LogP contribution in [-0.2, 0) is 32.6 Å². The van der Waals surface area contributed by atoms with Crippen LogP contribution >= 0.6 is 0 Å². The maximum atomic E-state index is 14.2. The number of hydrogen-bond acceptors (Lipinski definition) is 6. The lowest BCUT2D eigenvalue weighted by Gasteiger charge is -2.31. The fraction of sp³-hybridized carbons (Fsp3) is 0.300. The van der Waals surface area contributed by atoms with E-state index in [0.717, 1.165) is 4.68 Å². The van der Waals surface area contributed by atoms with Crippen LogP contribution in [0.15, 0.2) is 55.4 Å². The fourth-order valence-corrected chi connectivity index (χ4v) is 5.53. The summed E-state index contributed by atoms with van der Waals surface area (Å²) in [6, 6.07) is 6.74. The molecule has 0 spiro atoms. The molecular weight excluding hydrogens is 585 g/mol. The zero-order valence-corrected chi connectivity index (χ0v) is 23.6. The number of aryl methyl sites for hydroxylation is 2. The van der Waals surface area contributed by atoms with Gasteiger partial charge in [-0.2, -0.15) is 18.3 Å². The van der Waals surface area contributed by atoms with E-state index >= 15 is 0 Å². The van der Waals surface area contributed by atoms with Crippen LogP contribution < -0.4 is 9.64 Å². The van der Waals surface area contributed by atoms with Crippen LogP contribution in [0.5, 0.6) is 5.88 Å². The number of fused-ring (bicyclic) bond motifs is 2. The van der Waals surface area contributed by atoms with E-state index in [-0.39, 0.29) is 47.6 Å². The van der Waals surface area contributed by atoms with Crippen LogP contribution in [0.3, 0.4) is 0 Å². The van der Waals surface area contributed by atoms with E-state index in [2.05, 4.69) is 20.1 Å². The lowest BCUT2D eigenvalue weighted by Crippen LogP contribution is -2.38. The quantitative estimate of drug-likeness (QED) is 0.209. The number of aromatic nitrogens is 6. The van der Waals surface area contributed by atoms with Crippen LogP contribution in [0.4, 0.5) is 27.6 Å². The third-order valence-corrected chi connectivity index (χ3v) is 7.41. The van der Waals surface area contributed by atoms with Gasteiger partial charge in [0.1, 0.15) is 5.52 Å². The molecule has 1 aromatic carbocycles. The monoisotopic (exact) mass is 611 g/mol. The van der Waals surface area contributed by atoms with Crippen molar-refractivity contribution in [2.24, 2.45) is 7.05 Å². The van der Waals surface area contributed by atoms with Crippen molar-refractivity contribution in [2.75, 3.05) is 18.1 Å². The van der Waals surface area contributed by atoms with Crippen molar-refractivity contribution in [3.63, 3.8) is 0 Å². The largest absolute Gasteiger partial charge is 0.470 e. The number of halogens is 5. The number of imidazole rings is 1. The highest BCUT2D eigenvalue weighted by Gasteiger charge is 2.39. The molecule has 14 heteroatoms. The van der Waals surface area contributed by atoms with E-state index in [4.69, 9.17) is 4.74 Å². The number of rotatable bonds is 8. The van der Waals surface area contributed by atoms with Crippen molar-refractivity contribution in [3.05, 3.63) is 83.5 Å². The lowest BCUT2D eigenvalue weighted by molar-refractivity contribution is -0.141. The van der Waals surface area contributed by atoms with E-state index in [1.807, 2.05) is 6.92 Å². The summed E-state index contributed by atoms with van der Waals surface area (Å²) in [4.78, 5) is 28.4. The minimum atomic E-state index is -4.71. The van der Waals surface area contributed by atoms with Crippen molar-refractivity contribution in [1.82, 2.24) is 29.3 Å². The van der Waals surface area contributed by atoms with E-state index < -0.39 is 30.8 Å². The molecule has 5 heterocycles. The average Bonchev–Trinajstić information content (AvgIpc) is 3.65. The van der Waals surface area contributed by atoms with Gasteiger partial charge in [-0.3, -0.25) is 14.5 Å². The summed E-state index contributed by atoms with van der Waals surface area (Å²) in [7, 11) is 1.42. The maximum absolute atomic E-state index is 14.2. The number of ether oxygens (including phenoxy) is 1. The Morgan fingerprint density at radius 2 is 1.89 bits per heavy atom. The zero-order chi connectivity index (χ0) is 31.2. The van der Waals surface area contributed by atoms with Crippen LogP contribution in [0.1, 0.15) is 39.8 Å². The molecule has 228 valence electrons. The van der Waals surface area contributed by atoms with Crippen molar-refractivity contribution in [3.8, 4) is 17.0 Å². The van der Waals surface area contributed by atoms with Gasteiger partial charge in [-0.15, -0.1) is 0 Å². The Hall–Kier alpha value is -4.88. The molecule has 0 N–H and O–H groups in total. The predicted octanol–water partition coefficient (Wildman–Crippen LogP) is 5.70. The second kappa shape index (κ2) is 11.3. The molecule has 9 nitrogen and oxygen atoms in total. The predicted molar refractivity (Wildman–Crippen MR) is 151 cm³/mol. The van der Waals surface area contributed by atoms with Crippen molar-refractivity contribution >= 4 is 22.5 Å². The SMILES string of the molecule is CCc1cc2c(N3CCc4c(cc(Cn5ccnc5)cc4-c4cn(C)nc4C(F)(F)F)C3=O)ccnc2c(OCC(F)F)n1. The van der Waals surface area contributed by atoms with Crippen molar-refractivity contribution in [1.29, 1.82) is 0 Å². The Morgan fingerprint density at radius 3 is 2.59 bits per heavy atom. The number of carbonyl (C=O) groups excluding carboxylic acids is 1. The van der Waals surface area contributed by atoms with Crippen LogP contribution in [-0.4, -0.2) is 54.8 Å². The molecule has 0 aliphatic carbocycles. The molecule has 44 heavy (non-hydrogen) atoms. The number of anilines is 1. The topological polar surface area (TPSA) is 91.0 Å². The van der Waals surface area contributed by atoms with Crippen LogP contribution in [0.2, 0.25) is 0 Å². The molecule has 0 saturated carbocycles. The first-order valence-corrected chi connectivity index (χ1v) is 13.8. The molecule has 6 rings (SSSR count). The molecule has 0 fully saturated rings. The second-order valence-electron chi connectivity index (χ2n) is 10.4. The molecule has 1 amide bonds. The first-order chi connectivity index (χ1) is 21.0. The van der Waals surface area contributed by atoms with E-state index in [1.165, 1.54) is 24.3 Å². The van der Waals surface area contributed by atoms with Gasteiger partial charge in [0.15, 0.2) is 12.3 Å². The molecule has 5 aromatic rings. The minimum absolute atomic E-state index is 0.0625. The number of hydrogen-bond donors (Lipinski definition) is 0. The van der Waals surface area contributed by atoms with Gasteiger partial charge in [0.05, 0.1) is 12.0 Å². The summed E-state index contributed by atoms with van der Waals surface area (Å²) >= 11 is 0. The molecule has 0 radical (unpaired) electrons. The third kappa shape index (κ3) is 5.47. The Kier molecular flexibility index (Phi) is 7.51. The van der Waals surface area contributed by atoms with E-state index in [0.29, 0.717) is 34.3 Å². The molecule has 0 bridgehead atoms. The van der Waals surface area contributed by atoms with Gasteiger partial charge in [-0.05, 0) is 53.8 Å². The maximum Gasteiger partial charge on any atom is 0.435 e. The first kappa shape index (κ1) is 29.2. The van der Waals surface area contributed by atoms with Gasteiger partial charge in [-0.1, -0.05) is 6.92 Å². The average molecular weight is 612 g/mol. The highest BCUT2D eigenvalue weighted by Crippen LogP contribution is 2.41. The molecular formula is C30H26F5N7O2. The van der Waals surface area contributed by atoms with Crippen molar-refractivity contribution in [2.45, 2.75) is 38.9 Å². The molecule has 0 atom stereocenters. The molecule has 1 aliphatic heterocycles. The Labute approximate surface area is 247 Å². The summed E-state index contributed by atoms with van der Waals surface area (Å²) in [5.74, 6) is -0.484. The van der Waals surface area contributed by atoms with Crippen LogP contribution in [0, 0.1) is 0 Å². The van der Waals surface area contributed by atoms with Gasteiger partial charge in [0, 0.05) is 67.1 Å². The standard InChI is InChI=1S/C30H26F5N7O2/c1-3-18-12-22-24(4-6-37-26(22)28(38-18)44-15-25(31)32)42-8-5-19-20(23-14-40(2)39-27(23)30(33,34)35)10-17(11-21(19)29(42)43)13-41-9-7-36-16-41/h4,6-7,9-12,14,16,25H,3,5,8,13,15H2,1-2H3. The second-order valence-corrected chi connectivity index (χ2v) is 10.4. The van der Waals surface area contributed by atoms with Crippen molar-refractivity contribution < 1.29 is 31.5 Å². The highest BCUT2D eigenvalue weighted by atomic mass is 19.4. The normalized spacial score (nSPS) is 13.6. The van der Waals surface area contributed by atoms with E-state index in [1.54, 1.807) is 47.6 Å². The summed E-state index contributed by atoms with van der Waals surface area (Å²) in [6.45, 7) is 1.40. The molecule has 0 saturated heterocycles. The zero-order valence-electron chi connectivity index (χ0n) is 23.6. The molecule has 0 unspecified atom stereocenters. The van der Waals surface area contributed by atoms with Gasteiger partial charge in [0.25, 0.3) is 12.3 Å². The van der Waals surface area contributed by atoms with Gasteiger partial charge in [-0.25, -0.2) is 18.7 Å². The number of alkyl halides is 5. The minimum Gasteiger partial charge on any atom is -0.470 e. The van der Waals surface area contributed by atoms with Crippen LogP contribution in [0.25, 0.3) is 22.0 Å².